The zero-order chi connectivity index (χ0) is 18.0. The van der Waals surface area contributed by atoms with Crippen molar-refractivity contribution < 1.29 is 0 Å². The quantitative estimate of drug-likeness (QED) is 0.607. The molecule has 0 aliphatic carbocycles. The second-order valence-electron chi connectivity index (χ2n) is 6.57. The van der Waals surface area contributed by atoms with Crippen LogP contribution in [-0.2, 0) is 0 Å². The Hall–Kier alpha value is -2.32. The maximum atomic E-state index is 12.7. The summed E-state index contributed by atoms with van der Waals surface area (Å²) in [5.41, 5.74) is 4.47. The number of pyridine rings is 1. The molecule has 0 amide bonds. The predicted molar refractivity (Wildman–Crippen MR) is 105 cm³/mol. The van der Waals surface area contributed by atoms with Gasteiger partial charge in [0.05, 0.1) is 6.04 Å². The summed E-state index contributed by atoms with van der Waals surface area (Å²) < 4.78 is 1.89. The molecule has 0 saturated heterocycles. The van der Waals surface area contributed by atoms with Gasteiger partial charge in [0.25, 0.3) is 5.56 Å². The molecule has 3 aromatic rings. The average Bonchev–Trinajstić information content (AvgIpc) is 2.59. The van der Waals surface area contributed by atoms with Crippen LogP contribution in [-0.4, -0.2) is 4.57 Å². The van der Waals surface area contributed by atoms with E-state index in [2.05, 4.69) is 38.1 Å². The minimum Gasteiger partial charge on any atom is -0.305 e. The van der Waals surface area contributed by atoms with Crippen molar-refractivity contribution in [3.8, 4) is 0 Å². The molecular formula is C22H22ClNO. The molecule has 0 bridgehead atoms. The highest BCUT2D eigenvalue weighted by Crippen LogP contribution is 2.34. The number of halogens is 1. The van der Waals surface area contributed by atoms with Crippen molar-refractivity contribution in [2.45, 2.75) is 32.7 Å². The maximum absolute atomic E-state index is 12.7. The van der Waals surface area contributed by atoms with Crippen LogP contribution in [0.3, 0.4) is 0 Å². The Morgan fingerprint density at radius 1 is 0.840 bits per heavy atom. The summed E-state index contributed by atoms with van der Waals surface area (Å²) in [6.07, 6.45) is 0. The molecule has 1 heterocycles. The number of aryl methyl sites for hydroxylation is 2. The molecule has 128 valence electrons. The van der Waals surface area contributed by atoms with Crippen LogP contribution in [0.4, 0.5) is 0 Å². The lowest BCUT2D eigenvalue weighted by molar-refractivity contribution is 0.477. The molecule has 0 N–H and O–H groups in total. The fraction of sp³-hybridized carbons (Fsp3) is 0.227. The number of hydrogen-bond donors (Lipinski definition) is 0. The number of hydrogen-bond acceptors (Lipinski definition) is 1. The van der Waals surface area contributed by atoms with Gasteiger partial charge in [0.1, 0.15) is 0 Å². The summed E-state index contributed by atoms with van der Waals surface area (Å²) in [7, 11) is 0. The molecular weight excluding hydrogens is 330 g/mol. The van der Waals surface area contributed by atoms with Crippen molar-refractivity contribution in [1.82, 2.24) is 4.57 Å². The second-order valence-corrected chi connectivity index (χ2v) is 7.01. The van der Waals surface area contributed by atoms with Crippen LogP contribution >= 0.6 is 11.6 Å². The lowest BCUT2D eigenvalue weighted by Crippen LogP contribution is -2.29. The molecule has 0 aliphatic heterocycles. The maximum Gasteiger partial charge on any atom is 0.251 e. The highest BCUT2D eigenvalue weighted by Gasteiger charge is 2.24. The van der Waals surface area contributed by atoms with Gasteiger partial charge in [-0.05, 0) is 43.2 Å². The van der Waals surface area contributed by atoms with Gasteiger partial charge in [-0.1, -0.05) is 66.6 Å². The van der Waals surface area contributed by atoms with Crippen molar-refractivity contribution in [2.24, 2.45) is 0 Å². The standard InChI is InChI=1S/C22H22ClNO/c1-15-7-9-19(10-8-15)22(24-16(2)5-4-6-21(24)25)17(3)18-11-13-20(23)14-12-18/h4-14,17,22H,1-3H3/t17-,22-/m1/s1. The minimum absolute atomic E-state index is 0.0198. The van der Waals surface area contributed by atoms with Gasteiger partial charge in [-0.15, -0.1) is 0 Å². The lowest BCUT2D eigenvalue weighted by atomic mass is 9.87. The van der Waals surface area contributed by atoms with Gasteiger partial charge in [0.15, 0.2) is 0 Å². The van der Waals surface area contributed by atoms with E-state index in [0.717, 1.165) is 21.8 Å². The molecule has 2 atom stereocenters. The number of aromatic nitrogens is 1. The van der Waals surface area contributed by atoms with Crippen molar-refractivity contribution in [2.75, 3.05) is 0 Å². The summed E-state index contributed by atoms with van der Waals surface area (Å²) >= 11 is 6.04. The average molecular weight is 352 g/mol. The van der Waals surface area contributed by atoms with E-state index in [1.807, 2.05) is 47.9 Å². The summed E-state index contributed by atoms with van der Waals surface area (Å²) in [6, 6.07) is 21.7. The Kier molecular flexibility index (Phi) is 5.10. The molecule has 0 spiro atoms. The Morgan fingerprint density at radius 2 is 1.44 bits per heavy atom. The molecule has 1 aromatic heterocycles. The molecule has 0 radical (unpaired) electrons. The first-order valence-electron chi connectivity index (χ1n) is 8.47. The van der Waals surface area contributed by atoms with Crippen molar-refractivity contribution in [3.63, 3.8) is 0 Å². The number of benzene rings is 2. The SMILES string of the molecule is Cc1ccc([C@@H]([C@H](C)c2ccc(Cl)cc2)n2c(C)cccc2=O)cc1. The monoisotopic (exact) mass is 351 g/mol. The van der Waals surface area contributed by atoms with E-state index in [1.54, 1.807) is 6.07 Å². The number of rotatable bonds is 4. The highest BCUT2D eigenvalue weighted by molar-refractivity contribution is 6.30. The van der Waals surface area contributed by atoms with Crippen LogP contribution in [0.5, 0.6) is 0 Å². The van der Waals surface area contributed by atoms with Crippen LogP contribution in [0.1, 0.15) is 41.3 Å². The van der Waals surface area contributed by atoms with Gasteiger partial charge in [0.2, 0.25) is 0 Å². The van der Waals surface area contributed by atoms with E-state index in [0.29, 0.717) is 0 Å². The first kappa shape index (κ1) is 17.5. The van der Waals surface area contributed by atoms with E-state index in [9.17, 15) is 4.79 Å². The van der Waals surface area contributed by atoms with E-state index in [-0.39, 0.29) is 17.5 Å². The van der Waals surface area contributed by atoms with Crippen molar-refractivity contribution in [3.05, 3.63) is 104 Å². The van der Waals surface area contributed by atoms with Crippen LogP contribution < -0.4 is 5.56 Å². The normalized spacial score (nSPS) is 13.4. The molecule has 2 aromatic carbocycles. The Labute approximate surface area is 153 Å². The van der Waals surface area contributed by atoms with E-state index >= 15 is 0 Å². The fourth-order valence-electron chi connectivity index (χ4n) is 3.33. The molecule has 3 heteroatoms. The van der Waals surface area contributed by atoms with Crippen LogP contribution in [0.2, 0.25) is 5.02 Å². The Balaban J connectivity index is 2.16. The summed E-state index contributed by atoms with van der Waals surface area (Å²) in [5.74, 6) is 0.124. The number of nitrogens with zero attached hydrogens (tertiary/aromatic N) is 1. The smallest absolute Gasteiger partial charge is 0.251 e. The zero-order valence-corrected chi connectivity index (χ0v) is 15.5. The molecule has 0 saturated carbocycles. The minimum atomic E-state index is -0.0736. The molecule has 2 nitrogen and oxygen atoms in total. The van der Waals surface area contributed by atoms with E-state index in [4.69, 9.17) is 11.6 Å². The van der Waals surface area contributed by atoms with Crippen LogP contribution in [0.15, 0.2) is 71.5 Å². The first-order valence-corrected chi connectivity index (χ1v) is 8.85. The topological polar surface area (TPSA) is 22.0 Å². The largest absolute Gasteiger partial charge is 0.305 e. The van der Waals surface area contributed by atoms with E-state index < -0.39 is 0 Å². The second kappa shape index (κ2) is 7.28. The summed E-state index contributed by atoms with van der Waals surface area (Å²) in [5, 5.41) is 0.718. The Bertz CT molecular complexity index is 910. The third-order valence-corrected chi connectivity index (χ3v) is 5.01. The van der Waals surface area contributed by atoms with Gasteiger partial charge in [-0.2, -0.15) is 0 Å². The van der Waals surface area contributed by atoms with E-state index in [1.165, 1.54) is 5.56 Å². The third-order valence-electron chi connectivity index (χ3n) is 4.76. The van der Waals surface area contributed by atoms with Gasteiger partial charge < -0.3 is 4.57 Å². The zero-order valence-electron chi connectivity index (χ0n) is 14.7. The third kappa shape index (κ3) is 3.69. The summed E-state index contributed by atoms with van der Waals surface area (Å²) in [6.45, 7) is 6.21. The molecule has 0 unspecified atom stereocenters. The lowest BCUT2D eigenvalue weighted by Gasteiger charge is -2.29. The summed E-state index contributed by atoms with van der Waals surface area (Å²) in [4.78, 5) is 12.7. The van der Waals surface area contributed by atoms with Crippen LogP contribution in [0.25, 0.3) is 0 Å². The van der Waals surface area contributed by atoms with Gasteiger partial charge >= 0.3 is 0 Å². The van der Waals surface area contributed by atoms with Gasteiger partial charge in [0, 0.05) is 22.7 Å². The fourth-order valence-corrected chi connectivity index (χ4v) is 3.46. The molecule has 0 aliphatic rings. The molecule has 25 heavy (non-hydrogen) atoms. The van der Waals surface area contributed by atoms with Crippen molar-refractivity contribution in [1.29, 1.82) is 0 Å². The van der Waals surface area contributed by atoms with Gasteiger partial charge in [-0.3, -0.25) is 4.79 Å². The molecule has 3 rings (SSSR count). The predicted octanol–water partition coefficient (Wildman–Crippen LogP) is 5.51. The van der Waals surface area contributed by atoms with Crippen molar-refractivity contribution >= 4 is 11.6 Å². The highest BCUT2D eigenvalue weighted by atomic mass is 35.5. The molecule has 0 fully saturated rings. The Morgan fingerprint density at radius 3 is 2.04 bits per heavy atom. The van der Waals surface area contributed by atoms with Crippen LogP contribution in [0, 0.1) is 13.8 Å². The first-order chi connectivity index (χ1) is 12.0. The van der Waals surface area contributed by atoms with Gasteiger partial charge in [-0.25, -0.2) is 0 Å².